The predicted molar refractivity (Wildman–Crippen MR) is 119 cm³/mol. The van der Waals surface area contributed by atoms with E-state index in [9.17, 15) is 13.2 Å². The second-order valence-corrected chi connectivity index (χ2v) is 9.46. The van der Waals surface area contributed by atoms with E-state index in [1.54, 1.807) is 38.1 Å². The van der Waals surface area contributed by atoms with Crippen molar-refractivity contribution in [3.05, 3.63) is 58.2 Å². The summed E-state index contributed by atoms with van der Waals surface area (Å²) < 4.78 is 39.5. The molecule has 0 aliphatic carbocycles. The summed E-state index contributed by atoms with van der Waals surface area (Å²) in [6, 6.07) is 7.92. The normalized spacial score (nSPS) is 13.6. The smallest absolute Gasteiger partial charge is 0.265 e. The number of rotatable bonds is 6. The van der Waals surface area contributed by atoms with Gasteiger partial charge in [-0.25, -0.2) is 8.42 Å². The minimum absolute atomic E-state index is 0.0488. The Balaban J connectivity index is 1.67. The third-order valence-electron chi connectivity index (χ3n) is 5.03. The number of carbonyl (C=O) groups excluding carboxylic acids is 1. The summed E-state index contributed by atoms with van der Waals surface area (Å²) in [5, 5.41) is 4.41. The van der Waals surface area contributed by atoms with Crippen molar-refractivity contribution in [1.82, 2.24) is 10.1 Å². The van der Waals surface area contributed by atoms with E-state index in [1.165, 1.54) is 11.0 Å². The number of aromatic nitrogens is 2. The van der Waals surface area contributed by atoms with Gasteiger partial charge >= 0.3 is 0 Å². The van der Waals surface area contributed by atoms with E-state index in [0.717, 1.165) is 0 Å². The fourth-order valence-corrected chi connectivity index (χ4v) is 4.98. The Hall–Kier alpha value is -3.11. The van der Waals surface area contributed by atoms with Gasteiger partial charge in [-0.3, -0.25) is 14.4 Å². The van der Waals surface area contributed by atoms with Crippen molar-refractivity contribution in [2.75, 3.05) is 16.2 Å². The molecule has 0 fully saturated rings. The molecule has 4 rings (SSSR count). The topological polar surface area (TPSA) is 115 Å². The first-order chi connectivity index (χ1) is 15.2. The number of aryl methyl sites for hydroxylation is 3. The van der Waals surface area contributed by atoms with E-state index in [2.05, 4.69) is 14.9 Å². The first-order valence-electron chi connectivity index (χ1n) is 9.86. The SMILES string of the molecule is CCc1nc(CN2C(=O)COc3cc(S(=O)(=O)Nc4ccc(Cl)cc4C)c(C)cc32)no1. The lowest BCUT2D eigenvalue weighted by molar-refractivity contribution is -0.121. The standard InChI is InChI=1S/C21H21ClN4O5S/c1-4-20-23-19(24-31-20)10-26-16-8-13(3)18(9-17(16)30-11-21(26)27)32(28,29)25-15-6-5-14(22)7-12(15)2/h5-9,25H,4,10-11H2,1-3H3. The third kappa shape index (κ3) is 4.28. The van der Waals surface area contributed by atoms with Gasteiger partial charge in [-0.2, -0.15) is 4.98 Å². The van der Waals surface area contributed by atoms with E-state index >= 15 is 0 Å². The lowest BCUT2D eigenvalue weighted by Crippen LogP contribution is -2.38. The zero-order valence-electron chi connectivity index (χ0n) is 17.7. The first kappa shape index (κ1) is 22.1. The Kier molecular flexibility index (Phi) is 5.83. The lowest BCUT2D eigenvalue weighted by atomic mass is 10.1. The van der Waals surface area contributed by atoms with Crippen molar-refractivity contribution >= 4 is 38.9 Å². The molecule has 0 saturated heterocycles. The number of carbonyl (C=O) groups is 1. The summed E-state index contributed by atoms with van der Waals surface area (Å²) in [5.74, 6) is 0.826. The molecule has 11 heteroatoms. The van der Waals surface area contributed by atoms with Gasteiger partial charge in [0.15, 0.2) is 12.4 Å². The molecular formula is C21H21ClN4O5S. The van der Waals surface area contributed by atoms with Gasteiger partial charge in [-0.15, -0.1) is 0 Å². The maximum absolute atomic E-state index is 13.1. The molecule has 1 aliphatic rings. The molecule has 2 aromatic carbocycles. The number of hydrogen-bond acceptors (Lipinski definition) is 7. The highest BCUT2D eigenvalue weighted by Crippen LogP contribution is 2.37. The maximum atomic E-state index is 13.1. The quantitative estimate of drug-likeness (QED) is 0.577. The van der Waals surface area contributed by atoms with Crippen LogP contribution >= 0.6 is 11.6 Å². The number of amides is 1. The highest BCUT2D eigenvalue weighted by molar-refractivity contribution is 7.92. The van der Waals surface area contributed by atoms with E-state index in [-0.39, 0.29) is 29.7 Å². The van der Waals surface area contributed by atoms with Crippen LogP contribution in [0.4, 0.5) is 11.4 Å². The minimum atomic E-state index is -3.92. The van der Waals surface area contributed by atoms with Gasteiger partial charge in [0.1, 0.15) is 5.75 Å². The van der Waals surface area contributed by atoms with E-state index in [4.69, 9.17) is 20.9 Å². The van der Waals surface area contributed by atoms with Crippen LogP contribution in [0.5, 0.6) is 5.75 Å². The van der Waals surface area contributed by atoms with Crippen molar-refractivity contribution in [1.29, 1.82) is 0 Å². The highest BCUT2D eigenvalue weighted by Gasteiger charge is 2.30. The molecule has 1 aliphatic heterocycles. The summed E-state index contributed by atoms with van der Waals surface area (Å²) in [7, 11) is -3.92. The van der Waals surface area contributed by atoms with Crippen LogP contribution in [-0.4, -0.2) is 31.1 Å². The van der Waals surface area contributed by atoms with Gasteiger partial charge in [0.2, 0.25) is 5.89 Å². The fourth-order valence-electron chi connectivity index (χ4n) is 3.38. The zero-order valence-corrected chi connectivity index (χ0v) is 19.2. The van der Waals surface area contributed by atoms with Crippen molar-refractivity contribution in [3.8, 4) is 5.75 Å². The molecule has 0 unspecified atom stereocenters. The van der Waals surface area contributed by atoms with Crippen LogP contribution < -0.4 is 14.4 Å². The number of anilines is 2. The molecule has 9 nitrogen and oxygen atoms in total. The summed E-state index contributed by atoms with van der Waals surface area (Å²) in [4.78, 5) is 18.3. The summed E-state index contributed by atoms with van der Waals surface area (Å²) >= 11 is 5.96. The van der Waals surface area contributed by atoms with E-state index < -0.39 is 10.0 Å². The van der Waals surface area contributed by atoms with Gasteiger partial charge in [-0.1, -0.05) is 23.7 Å². The third-order valence-corrected chi connectivity index (χ3v) is 6.78. The van der Waals surface area contributed by atoms with Gasteiger partial charge in [-0.05, 0) is 49.2 Å². The molecule has 3 aromatic rings. The number of halogens is 1. The van der Waals surface area contributed by atoms with E-state index in [0.29, 0.717) is 45.7 Å². The fraction of sp³-hybridized carbons (Fsp3) is 0.286. The molecular weight excluding hydrogens is 456 g/mol. The predicted octanol–water partition coefficient (Wildman–Crippen LogP) is 3.63. The van der Waals surface area contributed by atoms with Gasteiger partial charge in [0.25, 0.3) is 15.9 Å². The van der Waals surface area contributed by atoms with Crippen LogP contribution in [0.1, 0.15) is 29.8 Å². The summed E-state index contributed by atoms with van der Waals surface area (Å²) in [6.07, 6.45) is 0.584. The van der Waals surface area contributed by atoms with Crippen LogP contribution in [0, 0.1) is 13.8 Å². The number of hydrogen-bond donors (Lipinski definition) is 1. The van der Waals surface area contributed by atoms with Gasteiger partial charge < -0.3 is 9.26 Å². The Morgan fingerprint density at radius 2 is 1.97 bits per heavy atom. The average Bonchev–Trinajstić information content (AvgIpc) is 3.20. The molecule has 0 spiro atoms. The Bertz CT molecular complexity index is 1310. The van der Waals surface area contributed by atoms with Crippen LogP contribution in [0.3, 0.4) is 0 Å². The largest absolute Gasteiger partial charge is 0.482 e. The van der Waals surface area contributed by atoms with Gasteiger partial charge in [0.05, 0.1) is 22.8 Å². The van der Waals surface area contributed by atoms with Crippen molar-refractivity contribution in [2.24, 2.45) is 0 Å². The molecule has 0 bridgehead atoms. The van der Waals surface area contributed by atoms with Crippen molar-refractivity contribution < 1.29 is 22.5 Å². The molecule has 1 aromatic heterocycles. The molecule has 0 radical (unpaired) electrons. The summed E-state index contributed by atoms with van der Waals surface area (Å²) in [6.45, 7) is 5.17. The van der Waals surface area contributed by atoms with Crippen LogP contribution in [0.25, 0.3) is 0 Å². The molecule has 2 heterocycles. The van der Waals surface area contributed by atoms with Crippen LogP contribution in [0.2, 0.25) is 5.02 Å². The van der Waals surface area contributed by atoms with Crippen molar-refractivity contribution in [2.45, 2.75) is 38.6 Å². The first-order valence-corrected chi connectivity index (χ1v) is 11.7. The molecule has 1 amide bonds. The molecule has 168 valence electrons. The summed E-state index contributed by atoms with van der Waals surface area (Å²) in [5.41, 5.74) is 2.01. The second kappa shape index (κ2) is 8.44. The highest BCUT2D eigenvalue weighted by atomic mass is 35.5. The van der Waals surface area contributed by atoms with Crippen LogP contribution in [-0.2, 0) is 27.8 Å². The molecule has 32 heavy (non-hydrogen) atoms. The number of ether oxygens (including phenoxy) is 1. The van der Waals surface area contributed by atoms with Gasteiger partial charge in [0, 0.05) is 17.5 Å². The molecule has 0 saturated carbocycles. The number of sulfonamides is 1. The average molecular weight is 477 g/mol. The van der Waals surface area contributed by atoms with E-state index in [1.807, 2.05) is 6.92 Å². The Morgan fingerprint density at radius 3 is 2.66 bits per heavy atom. The number of nitrogens with zero attached hydrogens (tertiary/aromatic N) is 3. The minimum Gasteiger partial charge on any atom is -0.482 e. The lowest BCUT2D eigenvalue weighted by Gasteiger charge is -2.29. The molecule has 0 atom stereocenters. The van der Waals surface area contributed by atoms with Crippen LogP contribution in [0.15, 0.2) is 39.8 Å². The van der Waals surface area contributed by atoms with Crippen molar-refractivity contribution in [3.63, 3.8) is 0 Å². The Morgan fingerprint density at radius 1 is 1.19 bits per heavy atom. The number of nitrogens with one attached hydrogen (secondary N) is 1. The number of benzene rings is 2. The maximum Gasteiger partial charge on any atom is 0.265 e. The number of fused-ring (bicyclic) bond motifs is 1. The molecule has 1 N–H and O–H groups in total. The monoisotopic (exact) mass is 476 g/mol. The Labute approximate surface area is 190 Å². The zero-order chi connectivity index (χ0) is 23.0. The second-order valence-electron chi connectivity index (χ2n) is 7.38.